The van der Waals surface area contributed by atoms with E-state index in [1.165, 1.54) is 16.4 Å². The first kappa shape index (κ1) is 21.8. The maximum Gasteiger partial charge on any atom is 0.242 e. The summed E-state index contributed by atoms with van der Waals surface area (Å²) in [6.45, 7) is 0.295. The molecule has 0 aromatic heterocycles. The highest BCUT2D eigenvalue weighted by atomic mass is 35.5. The molecule has 154 valence electrons. The Kier molecular flexibility index (Phi) is 6.63. The van der Waals surface area contributed by atoms with Gasteiger partial charge in [-0.25, -0.2) is 8.42 Å². The van der Waals surface area contributed by atoms with E-state index in [0.717, 1.165) is 12.7 Å². The Labute approximate surface area is 179 Å². The largest absolute Gasteiger partial charge is 0.324 e. The summed E-state index contributed by atoms with van der Waals surface area (Å²) >= 11 is 12.2. The lowest BCUT2D eigenvalue weighted by Crippen LogP contribution is -2.49. The van der Waals surface area contributed by atoms with Crippen molar-refractivity contribution >= 4 is 50.6 Å². The smallest absolute Gasteiger partial charge is 0.242 e. The predicted octanol–water partition coefficient (Wildman–Crippen LogP) is 3.98. The van der Waals surface area contributed by atoms with Crippen LogP contribution in [0.25, 0.3) is 0 Å². The van der Waals surface area contributed by atoms with Crippen LogP contribution in [0.15, 0.2) is 42.5 Å². The van der Waals surface area contributed by atoms with Gasteiger partial charge in [0.05, 0.1) is 17.0 Å². The molecule has 1 atom stereocenters. The fraction of sp³-hybridized carbons (Fsp3) is 0.300. The standard InChI is InChI=1S/C20H20Cl2N2O4S/c1-29(27,28)24-11-5-4-8-18(24)20(26)23-17-10-9-13(21)12-15(17)19(25)14-6-2-3-7-16(14)22/h2-3,6-7,9-10,12,18H,4-5,8,11H2,1H3,(H,23,26). The number of nitrogens with zero attached hydrogens (tertiary/aromatic N) is 1. The molecule has 1 fully saturated rings. The van der Waals surface area contributed by atoms with E-state index < -0.39 is 27.8 Å². The van der Waals surface area contributed by atoms with Gasteiger partial charge in [0.2, 0.25) is 15.9 Å². The van der Waals surface area contributed by atoms with Gasteiger partial charge in [0, 0.05) is 22.7 Å². The van der Waals surface area contributed by atoms with Gasteiger partial charge in [-0.05, 0) is 43.2 Å². The molecule has 0 saturated carbocycles. The van der Waals surface area contributed by atoms with Crippen LogP contribution in [0.5, 0.6) is 0 Å². The summed E-state index contributed by atoms with van der Waals surface area (Å²) in [5.41, 5.74) is 0.714. The van der Waals surface area contributed by atoms with Crippen molar-refractivity contribution in [2.24, 2.45) is 0 Å². The SMILES string of the molecule is CS(=O)(=O)N1CCCCC1C(=O)Nc1ccc(Cl)cc1C(=O)c1ccccc1Cl. The summed E-state index contributed by atoms with van der Waals surface area (Å²) in [4.78, 5) is 25.9. The van der Waals surface area contributed by atoms with E-state index in [9.17, 15) is 18.0 Å². The van der Waals surface area contributed by atoms with Crippen molar-refractivity contribution < 1.29 is 18.0 Å². The highest BCUT2D eigenvalue weighted by Crippen LogP contribution is 2.28. The van der Waals surface area contributed by atoms with E-state index in [-0.39, 0.29) is 21.8 Å². The number of hydrogen-bond donors (Lipinski definition) is 1. The second kappa shape index (κ2) is 8.83. The van der Waals surface area contributed by atoms with Crippen molar-refractivity contribution in [1.29, 1.82) is 0 Å². The Morgan fingerprint density at radius 1 is 1.07 bits per heavy atom. The number of benzene rings is 2. The summed E-state index contributed by atoms with van der Waals surface area (Å²) in [7, 11) is -3.53. The van der Waals surface area contributed by atoms with Gasteiger partial charge < -0.3 is 5.32 Å². The van der Waals surface area contributed by atoms with E-state index in [0.29, 0.717) is 24.4 Å². The summed E-state index contributed by atoms with van der Waals surface area (Å²) in [6, 6.07) is 10.3. The van der Waals surface area contributed by atoms with E-state index in [1.54, 1.807) is 30.3 Å². The van der Waals surface area contributed by atoms with E-state index in [4.69, 9.17) is 23.2 Å². The predicted molar refractivity (Wildman–Crippen MR) is 114 cm³/mol. The van der Waals surface area contributed by atoms with Crippen LogP contribution < -0.4 is 5.32 Å². The number of carbonyl (C=O) groups excluding carboxylic acids is 2. The average molecular weight is 455 g/mol. The number of halogens is 2. The molecule has 1 unspecified atom stereocenters. The normalized spacial score (nSPS) is 17.7. The topological polar surface area (TPSA) is 83.6 Å². The number of hydrogen-bond acceptors (Lipinski definition) is 4. The van der Waals surface area contributed by atoms with E-state index in [2.05, 4.69) is 5.32 Å². The Morgan fingerprint density at radius 2 is 1.79 bits per heavy atom. The molecule has 0 spiro atoms. The summed E-state index contributed by atoms with van der Waals surface area (Å²) < 4.78 is 25.3. The molecule has 1 N–H and O–H groups in total. The minimum absolute atomic E-state index is 0.181. The van der Waals surface area contributed by atoms with Crippen molar-refractivity contribution in [3.05, 3.63) is 63.6 Å². The fourth-order valence-electron chi connectivity index (χ4n) is 3.38. The van der Waals surface area contributed by atoms with Crippen LogP contribution in [0.4, 0.5) is 5.69 Å². The van der Waals surface area contributed by atoms with Crippen LogP contribution >= 0.6 is 23.2 Å². The Morgan fingerprint density at radius 3 is 2.48 bits per heavy atom. The number of sulfonamides is 1. The molecule has 2 aromatic carbocycles. The second-order valence-corrected chi connectivity index (χ2v) is 9.65. The van der Waals surface area contributed by atoms with E-state index >= 15 is 0 Å². The Balaban J connectivity index is 1.93. The van der Waals surface area contributed by atoms with Crippen molar-refractivity contribution in [3.63, 3.8) is 0 Å². The van der Waals surface area contributed by atoms with Crippen LogP contribution in [-0.2, 0) is 14.8 Å². The Hall–Kier alpha value is -1.93. The van der Waals surface area contributed by atoms with Crippen LogP contribution in [0.3, 0.4) is 0 Å². The second-order valence-electron chi connectivity index (χ2n) is 6.87. The highest BCUT2D eigenvalue weighted by molar-refractivity contribution is 7.88. The zero-order valence-corrected chi connectivity index (χ0v) is 18.0. The lowest BCUT2D eigenvalue weighted by Gasteiger charge is -2.32. The molecular formula is C20H20Cl2N2O4S. The first-order valence-corrected chi connectivity index (χ1v) is 11.7. The highest BCUT2D eigenvalue weighted by Gasteiger charge is 2.35. The van der Waals surface area contributed by atoms with Gasteiger partial charge in [0.25, 0.3) is 0 Å². The molecule has 2 aromatic rings. The number of nitrogens with one attached hydrogen (secondary N) is 1. The fourth-order valence-corrected chi connectivity index (χ4v) is 4.90. The van der Waals surface area contributed by atoms with Gasteiger partial charge in [0.15, 0.2) is 5.78 Å². The summed E-state index contributed by atoms with van der Waals surface area (Å²) in [5, 5.41) is 3.32. The molecule has 0 radical (unpaired) electrons. The molecule has 1 saturated heterocycles. The molecule has 1 aliphatic heterocycles. The van der Waals surface area contributed by atoms with Crippen molar-refractivity contribution in [3.8, 4) is 0 Å². The lowest BCUT2D eigenvalue weighted by molar-refractivity contribution is -0.120. The molecule has 9 heteroatoms. The number of amides is 1. The van der Waals surface area contributed by atoms with Gasteiger partial charge in [-0.3, -0.25) is 9.59 Å². The third-order valence-electron chi connectivity index (χ3n) is 4.78. The summed E-state index contributed by atoms with van der Waals surface area (Å²) in [6.07, 6.45) is 2.96. The number of piperidine rings is 1. The monoisotopic (exact) mass is 454 g/mol. The first-order chi connectivity index (χ1) is 13.7. The van der Waals surface area contributed by atoms with Gasteiger partial charge in [0.1, 0.15) is 6.04 Å². The van der Waals surface area contributed by atoms with Gasteiger partial charge in [-0.1, -0.05) is 41.8 Å². The number of rotatable bonds is 5. The molecule has 1 amide bonds. The van der Waals surface area contributed by atoms with Crippen molar-refractivity contribution in [2.45, 2.75) is 25.3 Å². The quantitative estimate of drug-likeness (QED) is 0.692. The molecule has 1 heterocycles. The molecule has 6 nitrogen and oxygen atoms in total. The molecular weight excluding hydrogens is 435 g/mol. The first-order valence-electron chi connectivity index (χ1n) is 9.05. The van der Waals surface area contributed by atoms with Crippen LogP contribution in [0.1, 0.15) is 35.2 Å². The molecule has 0 bridgehead atoms. The maximum absolute atomic E-state index is 13.0. The van der Waals surface area contributed by atoms with Crippen LogP contribution in [-0.4, -0.2) is 43.3 Å². The Bertz CT molecular complexity index is 1060. The number of anilines is 1. The van der Waals surface area contributed by atoms with Gasteiger partial charge in [-0.2, -0.15) is 4.31 Å². The number of ketones is 1. The molecule has 1 aliphatic rings. The van der Waals surface area contributed by atoms with Crippen molar-refractivity contribution in [1.82, 2.24) is 4.31 Å². The minimum Gasteiger partial charge on any atom is -0.324 e. The third-order valence-corrected chi connectivity index (χ3v) is 6.64. The zero-order valence-electron chi connectivity index (χ0n) is 15.7. The van der Waals surface area contributed by atoms with Crippen LogP contribution in [0, 0.1) is 0 Å². The van der Waals surface area contributed by atoms with Gasteiger partial charge in [-0.15, -0.1) is 0 Å². The average Bonchev–Trinajstić information content (AvgIpc) is 2.68. The number of carbonyl (C=O) groups is 2. The lowest BCUT2D eigenvalue weighted by atomic mass is 10.0. The van der Waals surface area contributed by atoms with Crippen molar-refractivity contribution in [2.75, 3.05) is 18.1 Å². The zero-order chi connectivity index (χ0) is 21.2. The third kappa shape index (κ3) is 4.98. The molecule has 29 heavy (non-hydrogen) atoms. The van der Waals surface area contributed by atoms with Gasteiger partial charge >= 0.3 is 0 Å². The molecule has 3 rings (SSSR count). The molecule has 0 aliphatic carbocycles. The summed E-state index contributed by atoms with van der Waals surface area (Å²) in [5.74, 6) is -0.873. The van der Waals surface area contributed by atoms with E-state index in [1.807, 2.05) is 0 Å². The van der Waals surface area contributed by atoms with Crippen LogP contribution in [0.2, 0.25) is 10.0 Å². The maximum atomic E-state index is 13.0. The minimum atomic E-state index is -3.53.